The Morgan fingerprint density at radius 2 is 1.29 bits per heavy atom. The second-order valence-corrected chi connectivity index (χ2v) is 10.3. The van der Waals surface area contributed by atoms with Crippen LogP contribution in [-0.4, -0.2) is 24.1 Å². The van der Waals surface area contributed by atoms with Gasteiger partial charge in [0, 0.05) is 52.6 Å². The van der Waals surface area contributed by atoms with Gasteiger partial charge in [-0.25, -0.2) is 4.98 Å². The van der Waals surface area contributed by atoms with Crippen LogP contribution in [0.5, 0.6) is 0 Å². The molecule has 0 saturated carbocycles. The first-order valence-electron chi connectivity index (χ1n) is 13.7. The zero-order chi connectivity index (χ0) is 27.3. The third-order valence-electron chi connectivity index (χ3n) is 7.84. The summed E-state index contributed by atoms with van der Waals surface area (Å²) in [4.78, 5) is 14.2. The van der Waals surface area contributed by atoms with E-state index < -0.39 is 0 Å². The zero-order valence-corrected chi connectivity index (χ0v) is 22.4. The van der Waals surface area contributed by atoms with Crippen molar-refractivity contribution in [2.45, 2.75) is 0 Å². The van der Waals surface area contributed by atoms with Gasteiger partial charge in [-0.3, -0.25) is 9.97 Å². The number of hydrogen-bond acceptors (Lipinski definition) is 3. The van der Waals surface area contributed by atoms with Crippen LogP contribution in [0.15, 0.2) is 134 Å². The molecule has 0 aliphatic carbocycles. The monoisotopic (exact) mass is 527 g/mol. The lowest BCUT2D eigenvalue weighted by molar-refractivity contribution is 0.959. The number of benzene rings is 4. The van der Waals surface area contributed by atoms with Crippen LogP contribution >= 0.6 is 0 Å². The van der Waals surface area contributed by atoms with Crippen molar-refractivity contribution in [1.82, 2.24) is 24.1 Å². The van der Waals surface area contributed by atoms with E-state index in [0.29, 0.717) is 0 Å². The normalized spacial score (nSPS) is 11.5. The molecule has 0 atom stereocenters. The van der Waals surface area contributed by atoms with Gasteiger partial charge >= 0.3 is 0 Å². The van der Waals surface area contributed by atoms with E-state index in [1.54, 1.807) is 0 Å². The lowest BCUT2D eigenvalue weighted by Crippen LogP contribution is -1.96. The Morgan fingerprint density at radius 1 is 0.512 bits per heavy atom. The summed E-state index contributed by atoms with van der Waals surface area (Å²) in [5.41, 5.74) is 10.5. The molecule has 0 fully saturated rings. The highest BCUT2D eigenvalue weighted by Gasteiger charge is 2.16. The van der Waals surface area contributed by atoms with E-state index in [-0.39, 0.29) is 0 Å². The third kappa shape index (κ3) is 3.82. The molecule has 0 aliphatic rings. The van der Waals surface area contributed by atoms with E-state index in [0.717, 1.165) is 61.7 Å². The molecule has 4 heterocycles. The average Bonchev–Trinajstić information content (AvgIpc) is 3.56. The average molecular weight is 528 g/mol. The van der Waals surface area contributed by atoms with Crippen molar-refractivity contribution in [3.8, 4) is 39.6 Å². The Labute approximate surface area is 237 Å². The van der Waals surface area contributed by atoms with Crippen LogP contribution in [0.2, 0.25) is 0 Å². The highest BCUT2D eigenvalue weighted by Crippen LogP contribution is 2.36. The van der Waals surface area contributed by atoms with E-state index in [2.05, 4.69) is 112 Å². The molecule has 0 unspecified atom stereocenters. The van der Waals surface area contributed by atoms with Gasteiger partial charge in [-0.1, -0.05) is 60.7 Å². The van der Waals surface area contributed by atoms with Gasteiger partial charge in [-0.05, 0) is 60.7 Å². The summed E-state index contributed by atoms with van der Waals surface area (Å²) >= 11 is 0. The van der Waals surface area contributed by atoms with Crippen LogP contribution in [0.4, 0.5) is 0 Å². The van der Waals surface area contributed by atoms with Crippen molar-refractivity contribution < 1.29 is 0 Å². The molecule has 8 rings (SSSR count). The number of aryl methyl sites for hydroxylation is 1. The van der Waals surface area contributed by atoms with Crippen LogP contribution in [0.25, 0.3) is 72.4 Å². The summed E-state index contributed by atoms with van der Waals surface area (Å²) in [6.07, 6.45) is 3.68. The highest BCUT2D eigenvalue weighted by atomic mass is 15.1. The molecule has 0 N–H and O–H groups in total. The van der Waals surface area contributed by atoms with Crippen LogP contribution in [-0.2, 0) is 7.05 Å². The number of pyridine rings is 2. The fraction of sp³-hybridized carbons (Fsp3) is 0.0278. The largest absolute Gasteiger partial charge is 0.327 e. The molecule has 194 valence electrons. The maximum absolute atomic E-state index is 4.97. The first kappa shape index (κ1) is 23.3. The molecule has 0 saturated heterocycles. The number of hydrogen-bond donors (Lipinski definition) is 0. The van der Waals surface area contributed by atoms with Crippen molar-refractivity contribution in [3.05, 3.63) is 134 Å². The van der Waals surface area contributed by atoms with Crippen LogP contribution < -0.4 is 0 Å². The number of aromatic nitrogens is 5. The van der Waals surface area contributed by atoms with Crippen molar-refractivity contribution >= 4 is 32.8 Å². The quantitative estimate of drug-likeness (QED) is 0.231. The molecular formula is C36H25N5. The Hall–Kier alpha value is -5.55. The molecule has 0 bridgehead atoms. The first-order chi connectivity index (χ1) is 20.2. The molecule has 0 spiro atoms. The van der Waals surface area contributed by atoms with E-state index in [4.69, 9.17) is 9.97 Å². The number of rotatable bonds is 4. The zero-order valence-electron chi connectivity index (χ0n) is 22.4. The molecule has 41 heavy (non-hydrogen) atoms. The summed E-state index contributed by atoms with van der Waals surface area (Å²) in [7, 11) is 2.08. The molecule has 0 aliphatic heterocycles. The fourth-order valence-corrected chi connectivity index (χ4v) is 5.88. The Balaban J connectivity index is 1.31. The van der Waals surface area contributed by atoms with Crippen LogP contribution in [0.1, 0.15) is 0 Å². The minimum Gasteiger partial charge on any atom is -0.327 e. The lowest BCUT2D eigenvalue weighted by atomic mass is 10.1. The van der Waals surface area contributed by atoms with Crippen LogP contribution in [0.3, 0.4) is 0 Å². The van der Waals surface area contributed by atoms with E-state index >= 15 is 0 Å². The van der Waals surface area contributed by atoms with Gasteiger partial charge in [-0.2, -0.15) is 0 Å². The third-order valence-corrected chi connectivity index (χ3v) is 7.84. The Bertz CT molecular complexity index is 2220. The van der Waals surface area contributed by atoms with Gasteiger partial charge in [0.15, 0.2) is 0 Å². The molecule has 5 nitrogen and oxygen atoms in total. The van der Waals surface area contributed by atoms with Gasteiger partial charge in [0.05, 0.1) is 33.5 Å². The van der Waals surface area contributed by atoms with Gasteiger partial charge in [-0.15, -0.1) is 0 Å². The van der Waals surface area contributed by atoms with Crippen molar-refractivity contribution in [3.63, 3.8) is 0 Å². The minimum atomic E-state index is 0.913. The Morgan fingerprint density at radius 3 is 2.17 bits per heavy atom. The summed E-state index contributed by atoms with van der Waals surface area (Å²) < 4.78 is 4.52. The number of fused-ring (bicyclic) bond motifs is 4. The minimum absolute atomic E-state index is 0.913. The van der Waals surface area contributed by atoms with Crippen LogP contribution in [0, 0.1) is 0 Å². The number of para-hydroxylation sites is 3. The topological polar surface area (TPSA) is 48.5 Å². The molecule has 8 aromatic rings. The summed E-state index contributed by atoms with van der Waals surface area (Å²) in [6.45, 7) is 0. The van der Waals surface area contributed by atoms with Crippen molar-refractivity contribution in [2.75, 3.05) is 0 Å². The SMILES string of the molecule is Cn1c(-c2ccc3c4ccccc4n(-c4cccc(-c5cc(-c6ccccn6)ccn5)c4)c3c2)nc2ccccc21. The number of imidazole rings is 1. The second-order valence-electron chi connectivity index (χ2n) is 10.3. The summed E-state index contributed by atoms with van der Waals surface area (Å²) in [5, 5.41) is 2.43. The van der Waals surface area contributed by atoms with E-state index in [1.807, 2.05) is 42.7 Å². The molecule has 5 heteroatoms. The molecule has 0 amide bonds. The molecule has 4 aromatic carbocycles. The smallest absolute Gasteiger partial charge is 0.140 e. The standard InChI is InChI=1S/C36H25N5/c1-40-34-15-5-3-13-31(34)39-36(40)26-16-17-29-28-11-2-4-14-33(28)41(35(29)23-26)27-10-8-9-24(21-27)32-22-25(18-20-38-32)30-12-6-7-19-37-30/h2-23H,1H3. The first-order valence-corrected chi connectivity index (χ1v) is 13.7. The molecule has 4 aromatic heterocycles. The molecule has 0 radical (unpaired) electrons. The van der Waals surface area contributed by atoms with Crippen molar-refractivity contribution in [2.24, 2.45) is 7.05 Å². The summed E-state index contributed by atoms with van der Waals surface area (Å²) in [6, 6.07) is 42.2. The fourth-order valence-electron chi connectivity index (χ4n) is 5.88. The Kier molecular flexibility index (Phi) is 5.28. The van der Waals surface area contributed by atoms with Gasteiger partial charge in [0.25, 0.3) is 0 Å². The van der Waals surface area contributed by atoms with E-state index in [9.17, 15) is 0 Å². The van der Waals surface area contributed by atoms with E-state index in [1.165, 1.54) is 10.8 Å². The predicted octanol–water partition coefficient (Wildman–Crippen LogP) is 8.46. The summed E-state index contributed by atoms with van der Waals surface area (Å²) in [5.74, 6) is 0.953. The second kappa shape index (κ2) is 9.28. The van der Waals surface area contributed by atoms with Gasteiger partial charge in [0.2, 0.25) is 0 Å². The maximum atomic E-state index is 4.97. The lowest BCUT2D eigenvalue weighted by Gasteiger charge is -2.11. The van der Waals surface area contributed by atoms with Gasteiger partial charge < -0.3 is 9.13 Å². The number of nitrogens with zero attached hydrogens (tertiary/aromatic N) is 5. The molecular weight excluding hydrogens is 502 g/mol. The highest BCUT2D eigenvalue weighted by molar-refractivity contribution is 6.10. The van der Waals surface area contributed by atoms with Crippen molar-refractivity contribution in [1.29, 1.82) is 0 Å². The maximum Gasteiger partial charge on any atom is 0.140 e. The predicted molar refractivity (Wildman–Crippen MR) is 167 cm³/mol. The van der Waals surface area contributed by atoms with Gasteiger partial charge in [0.1, 0.15) is 5.82 Å².